The van der Waals surface area contributed by atoms with Crippen molar-refractivity contribution in [1.29, 1.82) is 0 Å². The minimum absolute atomic E-state index is 0.111. The quantitative estimate of drug-likeness (QED) is 0.698. The molecule has 0 bridgehead atoms. The van der Waals surface area contributed by atoms with Gasteiger partial charge in [0.25, 0.3) is 11.8 Å². The third-order valence-electron chi connectivity index (χ3n) is 3.57. The molecule has 7 nitrogen and oxygen atoms in total. The van der Waals surface area contributed by atoms with E-state index in [0.717, 1.165) is 0 Å². The standard InChI is InChI=1S/C17H13Cl2N3O4/c18-9-5-6-11(19)10(7-9)16(24)22-21-15(23)8-14-17(25)20-12-3-1-2-4-13(12)26-14/h1-7,14H,8H2,(H,20,25)(H,21,23)(H,22,24)/t14-/m0/s1. The van der Waals surface area contributed by atoms with Crippen molar-refractivity contribution in [2.24, 2.45) is 0 Å². The van der Waals surface area contributed by atoms with Gasteiger partial charge in [-0.3, -0.25) is 25.2 Å². The van der Waals surface area contributed by atoms with E-state index in [1.807, 2.05) is 0 Å². The average Bonchev–Trinajstić information content (AvgIpc) is 2.62. The van der Waals surface area contributed by atoms with Crippen molar-refractivity contribution >= 4 is 46.6 Å². The molecule has 3 N–H and O–H groups in total. The molecule has 0 saturated heterocycles. The summed E-state index contributed by atoms with van der Waals surface area (Å²) in [7, 11) is 0. The summed E-state index contributed by atoms with van der Waals surface area (Å²) in [6.45, 7) is 0. The largest absolute Gasteiger partial charge is 0.478 e. The van der Waals surface area contributed by atoms with Gasteiger partial charge < -0.3 is 10.1 Å². The average molecular weight is 394 g/mol. The van der Waals surface area contributed by atoms with Crippen LogP contribution in [0.4, 0.5) is 5.69 Å². The van der Waals surface area contributed by atoms with Crippen LogP contribution >= 0.6 is 23.2 Å². The summed E-state index contributed by atoms with van der Waals surface area (Å²) < 4.78 is 5.52. The number of benzene rings is 2. The Balaban J connectivity index is 1.57. The van der Waals surface area contributed by atoms with Crippen LogP contribution in [0.3, 0.4) is 0 Å². The van der Waals surface area contributed by atoms with E-state index in [1.54, 1.807) is 24.3 Å². The molecule has 0 radical (unpaired) electrons. The van der Waals surface area contributed by atoms with Crippen LogP contribution in [-0.2, 0) is 9.59 Å². The number of para-hydroxylation sites is 2. The summed E-state index contributed by atoms with van der Waals surface area (Å²) in [5.41, 5.74) is 5.09. The molecule has 26 heavy (non-hydrogen) atoms. The number of carbonyl (C=O) groups is 3. The normalized spacial score (nSPS) is 15.3. The number of halogens is 2. The topological polar surface area (TPSA) is 96.5 Å². The number of hydrogen-bond donors (Lipinski definition) is 3. The molecule has 134 valence electrons. The molecule has 1 aliphatic heterocycles. The third-order valence-corrected chi connectivity index (χ3v) is 4.13. The monoisotopic (exact) mass is 393 g/mol. The first-order valence-electron chi connectivity index (χ1n) is 7.55. The highest BCUT2D eigenvalue weighted by molar-refractivity contribution is 6.35. The minimum Gasteiger partial charge on any atom is -0.478 e. The maximum atomic E-state index is 12.1. The van der Waals surface area contributed by atoms with Gasteiger partial charge in [-0.05, 0) is 30.3 Å². The van der Waals surface area contributed by atoms with Gasteiger partial charge in [0.1, 0.15) is 5.75 Å². The zero-order valence-corrected chi connectivity index (χ0v) is 14.7. The molecule has 0 aromatic heterocycles. The fraction of sp³-hybridized carbons (Fsp3) is 0.118. The highest BCUT2D eigenvalue weighted by Gasteiger charge is 2.29. The first-order valence-corrected chi connectivity index (χ1v) is 8.30. The zero-order valence-electron chi connectivity index (χ0n) is 13.2. The number of anilines is 1. The van der Waals surface area contributed by atoms with E-state index in [-0.39, 0.29) is 17.0 Å². The summed E-state index contributed by atoms with van der Waals surface area (Å²) in [6.07, 6.45) is -1.28. The SMILES string of the molecule is O=C(C[C@@H]1Oc2ccccc2NC1=O)NNC(=O)c1cc(Cl)ccc1Cl. The van der Waals surface area contributed by atoms with E-state index in [2.05, 4.69) is 16.2 Å². The van der Waals surface area contributed by atoms with E-state index in [0.29, 0.717) is 16.5 Å². The maximum Gasteiger partial charge on any atom is 0.271 e. The number of fused-ring (bicyclic) bond motifs is 1. The van der Waals surface area contributed by atoms with Gasteiger partial charge >= 0.3 is 0 Å². The number of nitrogens with one attached hydrogen (secondary N) is 3. The molecular weight excluding hydrogens is 381 g/mol. The first-order chi connectivity index (χ1) is 12.4. The molecule has 3 amide bonds. The van der Waals surface area contributed by atoms with E-state index in [1.165, 1.54) is 18.2 Å². The second-order valence-corrected chi connectivity index (χ2v) is 6.27. The van der Waals surface area contributed by atoms with Gasteiger partial charge in [-0.15, -0.1) is 0 Å². The van der Waals surface area contributed by atoms with Crippen molar-refractivity contribution < 1.29 is 19.1 Å². The van der Waals surface area contributed by atoms with Crippen molar-refractivity contribution in [3.63, 3.8) is 0 Å². The van der Waals surface area contributed by atoms with Crippen LogP contribution < -0.4 is 20.9 Å². The molecule has 0 saturated carbocycles. The van der Waals surface area contributed by atoms with E-state index in [9.17, 15) is 14.4 Å². The molecule has 0 unspecified atom stereocenters. The Kier molecular flexibility index (Phi) is 5.29. The number of hydrazine groups is 1. The predicted octanol–water partition coefficient (Wildman–Crippen LogP) is 2.54. The Morgan fingerprint density at radius 1 is 1.12 bits per heavy atom. The van der Waals surface area contributed by atoms with Gasteiger partial charge in [-0.2, -0.15) is 0 Å². The van der Waals surface area contributed by atoms with Crippen LogP contribution in [0.15, 0.2) is 42.5 Å². The molecule has 0 fully saturated rings. The first kappa shape index (κ1) is 18.0. The second-order valence-electron chi connectivity index (χ2n) is 5.42. The van der Waals surface area contributed by atoms with E-state index >= 15 is 0 Å². The van der Waals surface area contributed by atoms with Gasteiger partial charge in [0.15, 0.2) is 6.10 Å². The van der Waals surface area contributed by atoms with Crippen molar-refractivity contribution in [2.75, 3.05) is 5.32 Å². The van der Waals surface area contributed by atoms with Crippen LogP contribution in [0.25, 0.3) is 0 Å². The van der Waals surface area contributed by atoms with Crippen LogP contribution in [0, 0.1) is 0 Å². The summed E-state index contributed by atoms with van der Waals surface area (Å²) in [6, 6.07) is 11.3. The molecule has 0 spiro atoms. The lowest BCUT2D eigenvalue weighted by molar-refractivity contribution is -0.130. The predicted molar refractivity (Wildman–Crippen MR) is 96.2 cm³/mol. The van der Waals surface area contributed by atoms with Crippen molar-refractivity contribution in [2.45, 2.75) is 12.5 Å². The Labute approximate surface area is 158 Å². The molecule has 2 aromatic carbocycles. The lowest BCUT2D eigenvalue weighted by Gasteiger charge is -2.25. The molecular formula is C17H13Cl2N3O4. The molecule has 2 aromatic rings. The Hall–Kier alpha value is -2.77. The molecule has 9 heteroatoms. The van der Waals surface area contributed by atoms with Crippen LogP contribution in [0.5, 0.6) is 5.75 Å². The number of rotatable bonds is 3. The Morgan fingerprint density at radius 3 is 2.69 bits per heavy atom. The van der Waals surface area contributed by atoms with Gasteiger partial charge in [0.05, 0.1) is 22.7 Å². The number of ether oxygens (including phenoxy) is 1. The van der Waals surface area contributed by atoms with Crippen LogP contribution in [0.2, 0.25) is 10.0 Å². The smallest absolute Gasteiger partial charge is 0.271 e. The Morgan fingerprint density at radius 2 is 1.88 bits per heavy atom. The number of amides is 3. The number of hydrogen-bond acceptors (Lipinski definition) is 4. The van der Waals surface area contributed by atoms with E-state index < -0.39 is 23.8 Å². The fourth-order valence-electron chi connectivity index (χ4n) is 2.31. The maximum absolute atomic E-state index is 12.1. The van der Waals surface area contributed by atoms with Crippen LogP contribution in [0.1, 0.15) is 16.8 Å². The van der Waals surface area contributed by atoms with Gasteiger partial charge in [0.2, 0.25) is 5.91 Å². The van der Waals surface area contributed by atoms with Gasteiger partial charge in [-0.25, -0.2) is 0 Å². The highest BCUT2D eigenvalue weighted by Crippen LogP contribution is 2.29. The summed E-state index contributed by atoms with van der Waals surface area (Å²) in [5, 5.41) is 3.17. The summed E-state index contributed by atoms with van der Waals surface area (Å²) >= 11 is 11.7. The second kappa shape index (κ2) is 7.63. The van der Waals surface area contributed by atoms with Crippen molar-refractivity contribution in [1.82, 2.24) is 10.9 Å². The Bertz CT molecular complexity index is 888. The van der Waals surface area contributed by atoms with Crippen molar-refractivity contribution in [3.05, 3.63) is 58.1 Å². The van der Waals surface area contributed by atoms with Crippen LogP contribution in [-0.4, -0.2) is 23.8 Å². The molecule has 1 atom stereocenters. The fourth-order valence-corrected chi connectivity index (χ4v) is 2.69. The minimum atomic E-state index is -1.00. The van der Waals surface area contributed by atoms with E-state index in [4.69, 9.17) is 27.9 Å². The lowest BCUT2D eigenvalue weighted by atomic mass is 10.1. The molecule has 3 rings (SSSR count). The molecule has 1 aliphatic rings. The van der Waals surface area contributed by atoms with Gasteiger partial charge in [0, 0.05) is 5.02 Å². The van der Waals surface area contributed by atoms with Crippen molar-refractivity contribution in [3.8, 4) is 5.75 Å². The molecule has 1 heterocycles. The third kappa shape index (κ3) is 4.07. The summed E-state index contributed by atoms with van der Waals surface area (Å²) in [5.74, 6) is -1.20. The molecule has 0 aliphatic carbocycles. The van der Waals surface area contributed by atoms with Gasteiger partial charge in [-0.1, -0.05) is 35.3 Å². The number of carbonyl (C=O) groups excluding carboxylic acids is 3. The highest BCUT2D eigenvalue weighted by atomic mass is 35.5. The lowest BCUT2D eigenvalue weighted by Crippen LogP contribution is -2.46. The summed E-state index contributed by atoms with van der Waals surface area (Å²) in [4.78, 5) is 36.1. The zero-order chi connectivity index (χ0) is 18.7.